The molecule has 0 fully saturated rings. The van der Waals surface area contributed by atoms with Gasteiger partial charge in [0, 0.05) is 6.20 Å². The van der Waals surface area contributed by atoms with Crippen LogP contribution < -0.4 is 4.74 Å². The van der Waals surface area contributed by atoms with Crippen molar-refractivity contribution in [3.05, 3.63) is 53.9 Å². The normalized spacial score (nSPS) is 10.4. The third-order valence-corrected chi connectivity index (χ3v) is 2.55. The number of nitrogens with one attached hydrogen (secondary N) is 1. The molecule has 0 aliphatic carbocycles. The van der Waals surface area contributed by atoms with Crippen molar-refractivity contribution < 1.29 is 27.8 Å². The van der Waals surface area contributed by atoms with Gasteiger partial charge in [0.25, 0.3) is 0 Å². The summed E-state index contributed by atoms with van der Waals surface area (Å²) in [5.74, 6) is -1.16. The van der Waals surface area contributed by atoms with Crippen LogP contribution in [0.3, 0.4) is 0 Å². The summed E-state index contributed by atoms with van der Waals surface area (Å²) in [5.41, 5.74) is 0.472. The van der Waals surface area contributed by atoms with Crippen LogP contribution in [0.4, 0.5) is 8.78 Å². The van der Waals surface area contributed by atoms with E-state index < -0.39 is 19.2 Å². The van der Waals surface area contributed by atoms with Gasteiger partial charge in [0.05, 0.1) is 11.3 Å². The molecule has 110 valence electrons. The fourth-order valence-corrected chi connectivity index (χ4v) is 1.57. The first-order chi connectivity index (χ1) is 10.1. The van der Waals surface area contributed by atoms with E-state index in [1.165, 1.54) is 24.3 Å². The van der Waals surface area contributed by atoms with Gasteiger partial charge >= 0.3 is 12.6 Å². The van der Waals surface area contributed by atoms with Crippen molar-refractivity contribution in [3.63, 3.8) is 0 Å². The average molecular weight is 295 g/mol. The molecule has 0 saturated carbocycles. The van der Waals surface area contributed by atoms with E-state index in [-0.39, 0.29) is 17.1 Å². The molecular weight excluding hydrogens is 284 g/mol. The summed E-state index contributed by atoms with van der Waals surface area (Å²) in [6.45, 7) is -3.34. The molecule has 1 aromatic heterocycles. The highest BCUT2D eigenvalue weighted by atomic mass is 19.3. The van der Waals surface area contributed by atoms with Crippen molar-refractivity contribution in [2.45, 2.75) is 6.61 Å². The Bertz CT molecular complexity index is 608. The summed E-state index contributed by atoms with van der Waals surface area (Å²) < 4.78 is 32.9. The van der Waals surface area contributed by atoms with Gasteiger partial charge in [-0.3, -0.25) is 4.79 Å². The molecule has 5 nitrogen and oxygen atoms in total. The number of halogens is 2. The lowest BCUT2D eigenvalue weighted by Gasteiger charge is -2.06. The maximum Gasteiger partial charge on any atom is 0.387 e. The van der Waals surface area contributed by atoms with Gasteiger partial charge in [0.2, 0.25) is 5.78 Å². The lowest BCUT2D eigenvalue weighted by molar-refractivity contribution is -0.0498. The Morgan fingerprint density at radius 2 is 1.86 bits per heavy atom. The van der Waals surface area contributed by atoms with Crippen molar-refractivity contribution in [1.29, 1.82) is 0 Å². The Labute approximate surface area is 118 Å². The van der Waals surface area contributed by atoms with Crippen molar-refractivity contribution in [3.8, 4) is 5.75 Å². The lowest BCUT2D eigenvalue weighted by atomic mass is 10.2. The molecule has 0 radical (unpaired) electrons. The van der Waals surface area contributed by atoms with E-state index >= 15 is 0 Å². The van der Waals surface area contributed by atoms with Gasteiger partial charge in [-0.15, -0.1) is 0 Å². The number of esters is 1. The van der Waals surface area contributed by atoms with E-state index in [1.54, 1.807) is 18.3 Å². The van der Waals surface area contributed by atoms with Gasteiger partial charge in [-0.2, -0.15) is 8.78 Å². The Morgan fingerprint density at radius 3 is 2.43 bits per heavy atom. The predicted octanol–water partition coefficient (Wildman–Crippen LogP) is 2.66. The molecule has 7 heteroatoms. The van der Waals surface area contributed by atoms with Gasteiger partial charge in [-0.1, -0.05) is 0 Å². The Balaban J connectivity index is 1.90. The summed E-state index contributed by atoms with van der Waals surface area (Å²) in [6.07, 6.45) is 1.58. The molecule has 0 unspecified atom stereocenters. The summed E-state index contributed by atoms with van der Waals surface area (Å²) in [7, 11) is 0. The van der Waals surface area contributed by atoms with Gasteiger partial charge < -0.3 is 14.5 Å². The third-order valence-electron chi connectivity index (χ3n) is 2.55. The molecule has 2 aromatic rings. The molecule has 2 rings (SSSR count). The fraction of sp³-hybridized carbons (Fsp3) is 0.143. The van der Waals surface area contributed by atoms with Crippen molar-refractivity contribution in [1.82, 2.24) is 4.98 Å². The smallest absolute Gasteiger partial charge is 0.387 e. The highest BCUT2D eigenvalue weighted by molar-refractivity contribution is 5.98. The molecule has 0 spiro atoms. The molecule has 0 amide bonds. The molecule has 1 heterocycles. The summed E-state index contributed by atoms with van der Waals surface area (Å²) in [5, 5.41) is 0. The minimum Gasteiger partial charge on any atom is -0.454 e. The first-order valence-electron chi connectivity index (χ1n) is 5.95. The highest BCUT2D eigenvalue weighted by Gasteiger charge is 2.13. The third kappa shape index (κ3) is 4.13. The van der Waals surface area contributed by atoms with Crippen molar-refractivity contribution in [2.75, 3.05) is 6.61 Å². The predicted molar refractivity (Wildman–Crippen MR) is 68.5 cm³/mol. The van der Waals surface area contributed by atoms with Crippen LogP contribution in [0.5, 0.6) is 5.75 Å². The van der Waals surface area contributed by atoms with Gasteiger partial charge in [-0.25, -0.2) is 4.79 Å². The van der Waals surface area contributed by atoms with Crippen LogP contribution in [0, 0.1) is 0 Å². The van der Waals surface area contributed by atoms with Crippen LogP contribution in [0.25, 0.3) is 0 Å². The van der Waals surface area contributed by atoms with E-state index in [2.05, 4.69) is 9.72 Å². The van der Waals surface area contributed by atoms with E-state index in [1.807, 2.05) is 0 Å². The molecule has 0 atom stereocenters. The number of hydrogen-bond donors (Lipinski definition) is 1. The first kappa shape index (κ1) is 14.7. The number of rotatable bonds is 6. The Morgan fingerprint density at radius 1 is 1.14 bits per heavy atom. The van der Waals surface area contributed by atoms with Crippen LogP contribution in [0.1, 0.15) is 20.8 Å². The van der Waals surface area contributed by atoms with Crippen LogP contribution in [0.2, 0.25) is 0 Å². The van der Waals surface area contributed by atoms with Crippen molar-refractivity contribution in [2.24, 2.45) is 0 Å². The molecule has 0 saturated heterocycles. The van der Waals surface area contributed by atoms with E-state index in [0.717, 1.165) is 0 Å². The van der Waals surface area contributed by atoms with Crippen LogP contribution >= 0.6 is 0 Å². The molecule has 21 heavy (non-hydrogen) atoms. The van der Waals surface area contributed by atoms with Crippen LogP contribution in [0.15, 0.2) is 42.6 Å². The molecule has 0 bridgehead atoms. The van der Waals surface area contributed by atoms with Gasteiger partial charge in [0.15, 0.2) is 6.61 Å². The first-order valence-corrected chi connectivity index (χ1v) is 5.95. The van der Waals surface area contributed by atoms with Crippen molar-refractivity contribution >= 4 is 11.8 Å². The maximum atomic E-state index is 12.0. The largest absolute Gasteiger partial charge is 0.454 e. The standard InChI is InChI=1S/C14H11F2NO4/c15-14(16)21-10-5-3-9(4-6-10)13(19)20-8-12(18)11-2-1-7-17-11/h1-7,14,17H,8H2. The zero-order valence-corrected chi connectivity index (χ0v) is 10.7. The quantitative estimate of drug-likeness (QED) is 0.657. The van der Waals surface area contributed by atoms with Gasteiger partial charge in [0.1, 0.15) is 5.75 Å². The minimum atomic E-state index is -2.93. The number of carbonyl (C=O) groups is 2. The zero-order chi connectivity index (χ0) is 15.2. The zero-order valence-electron chi connectivity index (χ0n) is 10.7. The number of H-pyrrole nitrogens is 1. The summed E-state index contributed by atoms with van der Waals surface area (Å²) in [4.78, 5) is 26.0. The lowest BCUT2D eigenvalue weighted by Crippen LogP contribution is -2.14. The molecule has 1 N–H and O–H groups in total. The Kier molecular flexibility index (Phi) is 4.65. The second-order valence-corrected chi connectivity index (χ2v) is 3.99. The molecular formula is C14H11F2NO4. The van der Waals surface area contributed by atoms with Crippen LogP contribution in [-0.2, 0) is 4.74 Å². The number of hydrogen-bond acceptors (Lipinski definition) is 4. The van der Waals surface area contributed by atoms with Crippen LogP contribution in [-0.4, -0.2) is 30.0 Å². The monoisotopic (exact) mass is 295 g/mol. The number of carbonyl (C=O) groups excluding carboxylic acids is 2. The highest BCUT2D eigenvalue weighted by Crippen LogP contribution is 2.15. The molecule has 1 aromatic carbocycles. The SMILES string of the molecule is O=C(OCC(=O)c1ccc[nH]1)c1ccc(OC(F)F)cc1. The number of ketones is 1. The van der Waals surface area contributed by atoms with E-state index in [4.69, 9.17) is 4.74 Å². The molecule has 0 aliphatic rings. The number of benzene rings is 1. The summed E-state index contributed by atoms with van der Waals surface area (Å²) in [6, 6.07) is 8.20. The van der Waals surface area contributed by atoms with Gasteiger partial charge in [-0.05, 0) is 36.4 Å². The minimum absolute atomic E-state index is 0.0657. The number of ether oxygens (including phenoxy) is 2. The Hall–Kier alpha value is -2.70. The number of aromatic amines is 1. The summed E-state index contributed by atoms with van der Waals surface area (Å²) >= 11 is 0. The maximum absolute atomic E-state index is 12.0. The number of Topliss-reactive ketones (excluding diaryl/α,β-unsaturated/α-hetero) is 1. The fourth-order valence-electron chi connectivity index (χ4n) is 1.57. The number of aromatic nitrogens is 1. The topological polar surface area (TPSA) is 68.4 Å². The number of alkyl halides is 2. The molecule has 0 aliphatic heterocycles. The second-order valence-electron chi connectivity index (χ2n) is 3.99. The second kappa shape index (κ2) is 6.65. The van der Waals surface area contributed by atoms with E-state index in [0.29, 0.717) is 5.69 Å². The average Bonchev–Trinajstić information content (AvgIpc) is 2.99. The van der Waals surface area contributed by atoms with E-state index in [9.17, 15) is 18.4 Å².